The van der Waals surface area contributed by atoms with E-state index in [0.717, 1.165) is 83.7 Å². The minimum absolute atomic E-state index is 0.0171. The Hall–Kier alpha value is -1.47. The first-order valence-corrected chi connectivity index (χ1v) is 26.5. The fourth-order valence-electron chi connectivity index (χ4n) is 8.72. The van der Waals surface area contributed by atoms with Crippen LogP contribution in [0.5, 0.6) is 0 Å². The van der Waals surface area contributed by atoms with Crippen molar-refractivity contribution in [3.63, 3.8) is 0 Å². The summed E-state index contributed by atoms with van der Waals surface area (Å²) in [5, 5.41) is 0. The van der Waals surface area contributed by atoms with Crippen LogP contribution in [0.4, 0.5) is 0 Å². The molecule has 7 heteroatoms. The predicted octanol–water partition coefficient (Wildman–Crippen LogP) is 15.1. The Bertz CT molecular complexity index is 847. The van der Waals surface area contributed by atoms with E-state index in [1.807, 2.05) is 0 Å². The van der Waals surface area contributed by atoms with E-state index in [-0.39, 0.29) is 24.1 Å². The quantitative estimate of drug-likeness (QED) is 0.0343. The fourth-order valence-corrected chi connectivity index (χ4v) is 8.72. The lowest BCUT2D eigenvalue weighted by Gasteiger charge is -2.32. The van der Waals surface area contributed by atoms with Gasteiger partial charge in [0.05, 0.1) is 0 Å². The van der Waals surface area contributed by atoms with Crippen molar-refractivity contribution in [2.45, 2.75) is 290 Å². The van der Waals surface area contributed by atoms with E-state index in [1.54, 1.807) is 0 Å². The normalized spacial score (nSPS) is 11.8. The van der Waals surface area contributed by atoms with Crippen LogP contribution in [0.15, 0.2) is 0 Å². The van der Waals surface area contributed by atoms with Crippen LogP contribution < -0.4 is 0 Å². The third kappa shape index (κ3) is 39.4. The van der Waals surface area contributed by atoms with Crippen LogP contribution in [0, 0.1) is 0 Å². The van der Waals surface area contributed by atoms with E-state index < -0.39 is 0 Å². The first-order chi connectivity index (χ1) is 29.3. The molecule has 60 heavy (non-hydrogen) atoms. The van der Waals surface area contributed by atoms with Crippen molar-refractivity contribution < 1.29 is 23.9 Å². The third-order valence-electron chi connectivity index (χ3n) is 12.6. The van der Waals surface area contributed by atoms with Gasteiger partial charge in [0.2, 0.25) is 0 Å². The van der Waals surface area contributed by atoms with E-state index in [0.29, 0.717) is 25.3 Å². The van der Waals surface area contributed by atoms with E-state index in [9.17, 15) is 14.4 Å². The van der Waals surface area contributed by atoms with Gasteiger partial charge in [0.1, 0.15) is 18.5 Å². The average molecular weight is 849 g/mol. The number of hydrogen-bond acceptors (Lipinski definition) is 7. The van der Waals surface area contributed by atoms with Gasteiger partial charge in [0, 0.05) is 31.8 Å². The molecule has 0 bridgehead atoms. The van der Waals surface area contributed by atoms with Gasteiger partial charge in [-0.2, -0.15) is 0 Å². The number of carbonyl (C=O) groups excluding carboxylic acids is 3. The van der Waals surface area contributed by atoms with Gasteiger partial charge in [0.15, 0.2) is 0 Å². The van der Waals surface area contributed by atoms with Gasteiger partial charge in [-0.1, -0.05) is 169 Å². The average Bonchev–Trinajstić information content (AvgIpc) is 3.23. The monoisotopic (exact) mass is 849 g/mol. The van der Waals surface area contributed by atoms with Crippen molar-refractivity contribution in [3.8, 4) is 0 Å². The highest BCUT2D eigenvalue weighted by molar-refractivity contribution is 5.69. The fraction of sp³-hybridized carbons (Fsp3) is 0.943. The Labute approximate surface area is 374 Å². The van der Waals surface area contributed by atoms with Crippen molar-refractivity contribution in [2.75, 3.05) is 33.7 Å². The molecule has 0 fully saturated rings. The second-order valence-electron chi connectivity index (χ2n) is 18.7. The van der Waals surface area contributed by atoms with Crippen molar-refractivity contribution in [2.24, 2.45) is 0 Å². The molecule has 7 nitrogen and oxygen atoms in total. The summed E-state index contributed by atoms with van der Waals surface area (Å²) in [4.78, 5) is 41.8. The number of ether oxygens (including phenoxy) is 2. The van der Waals surface area contributed by atoms with Crippen molar-refractivity contribution >= 4 is 18.2 Å². The Morgan fingerprint density at radius 1 is 0.417 bits per heavy atom. The molecule has 0 amide bonds. The molecule has 0 aromatic carbocycles. The highest BCUT2D eigenvalue weighted by Gasteiger charge is 2.19. The van der Waals surface area contributed by atoms with E-state index in [2.05, 4.69) is 51.6 Å². The summed E-state index contributed by atoms with van der Waals surface area (Å²) in [6.07, 6.45) is 44.2. The lowest BCUT2D eigenvalue weighted by molar-refractivity contribution is -0.151. The second kappa shape index (κ2) is 45.6. The van der Waals surface area contributed by atoms with Crippen LogP contribution in [-0.2, 0) is 23.9 Å². The largest absolute Gasteiger partial charge is 0.462 e. The van der Waals surface area contributed by atoms with Gasteiger partial charge < -0.3 is 19.2 Å². The Morgan fingerprint density at radius 3 is 1.10 bits per heavy atom. The minimum Gasteiger partial charge on any atom is -0.462 e. The highest BCUT2D eigenvalue weighted by atomic mass is 16.5. The minimum atomic E-state index is 0.0171. The SMILES string of the molecule is CCCCCCC(CCCCCC)OC(=O)CCCCCCCCC(CCCCCCCCC(=O)OC(CCCCCC)CCCCCC)N(CCC=O)CCCN(C)C. The topological polar surface area (TPSA) is 76.2 Å². The van der Waals surface area contributed by atoms with Gasteiger partial charge in [-0.05, 0) is 111 Å². The van der Waals surface area contributed by atoms with Crippen LogP contribution >= 0.6 is 0 Å². The van der Waals surface area contributed by atoms with Crippen molar-refractivity contribution in [1.29, 1.82) is 0 Å². The van der Waals surface area contributed by atoms with Gasteiger partial charge >= 0.3 is 11.9 Å². The number of aldehydes is 1. The predicted molar refractivity (Wildman–Crippen MR) is 258 cm³/mol. The van der Waals surface area contributed by atoms with E-state index >= 15 is 0 Å². The smallest absolute Gasteiger partial charge is 0.306 e. The molecule has 0 heterocycles. The molecular formula is C53H104N2O5. The lowest BCUT2D eigenvalue weighted by atomic mass is 9.98. The maximum Gasteiger partial charge on any atom is 0.306 e. The number of nitrogens with zero attached hydrogens (tertiary/aromatic N) is 2. The van der Waals surface area contributed by atoms with Crippen LogP contribution in [0.25, 0.3) is 0 Å². The number of hydrogen-bond donors (Lipinski definition) is 0. The molecule has 0 spiro atoms. The van der Waals surface area contributed by atoms with Gasteiger partial charge in [-0.3, -0.25) is 14.5 Å². The number of esters is 2. The van der Waals surface area contributed by atoms with Crippen molar-refractivity contribution in [1.82, 2.24) is 9.80 Å². The Kier molecular flexibility index (Phi) is 44.4. The summed E-state index contributed by atoms with van der Waals surface area (Å²) in [5.74, 6) is 0.0343. The van der Waals surface area contributed by atoms with Crippen molar-refractivity contribution in [3.05, 3.63) is 0 Å². The molecule has 0 aromatic rings. The first kappa shape index (κ1) is 58.5. The molecule has 0 aromatic heterocycles. The lowest BCUT2D eigenvalue weighted by Crippen LogP contribution is -2.38. The second-order valence-corrected chi connectivity index (χ2v) is 18.7. The van der Waals surface area contributed by atoms with Crippen LogP contribution in [0.1, 0.15) is 272 Å². The Morgan fingerprint density at radius 2 is 0.750 bits per heavy atom. The zero-order chi connectivity index (χ0) is 44.2. The summed E-state index contributed by atoms with van der Waals surface area (Å²) in [6.45, 7) is 12.0. The van der Waals surface area contributed by atoms with Crippen LogP contribution in [0.2, 0.25) is 0 Å². The number of unbranched alkanes of at least 4 members (excludes halogenated alkanes) is 22. The highest BCUT2D eigenvalue weighted by Crippen LogP contribution is 2.22. The maximum atomic E-state index is 12.7. The molecule has 0 aliphatic heterocycles. The summed E-state index contributed by atoms with van der Waals surface area (Å²) < 4.78 is 12.0. The summed E-state index contributed by atoms with van der Waals surface area (Å²) in [7, 11) is 4.28. The molecule has 0 rings (SSSR count). The molecule has 0 N–H and O–H groups in total. The standard InChI is InChI=1S/C53H104N2O5/c1-7-11-15-29-39-50(40-30-16-12-8-2)59-52(57)43-33-25-21-19-23-27-37-49(55(47-36-48-56)46-35-45-54(5)6)38-28-24-20-22-26-34-44-53(58)60-51(41-31-17-13-9-3)42-32-18-14-10-4/h48-51H,7-47H2,1-6H3. The molecule has 0 aliphatic carbocycles. The third-order valence-corrected chi connectivity index (χ3v) is 12.6. The summed E-state index contributed by atoms with van der Waals surface area (Å²) >= 11 is 0. The molecule has 0 unspecified atom stereocenters. The molecular weight excluding hydrogens is 745 g/mol. The first-order valence-electron chi connectivity index (χ1n) is 26.5. The van der Waals surface area contributed by atoms with Gasteiger partial charge in [-0.15, -0.1) is 0 Å². The van der Waals surface area contributed by atoms with E-state index in [4.69, 9.17) is 9.47 Å². The molecule has 0 saturated carbocycles. The van der Waals surface area contributed by atoms with Crippen LogP contribution in [-0.4, -0.2) is 80.0 Å². The maximum absolute atomic E-state index is 12.7. The molecule has 0 atom stereocenters. The zero-order valence-corrected chi connectivity index (χ0v) is 41.2. The Balaban J connectivity index is 4.69. The van der Waals surface area contributed by atoms with Crippen LogP contribution in [0.3, 0.4) is 0 Å². The number of carbonyl (C=O) groups is 3. The summed E-state index contributed by atoms with van der Waals surface area (Å²) in [5.41, 5.74) is 0. The molecule has 356 valence electrons. The summed E-state index contributed by atoms with van der Waals surface area (Å²) in [6, 6.07) is 0.533. The van der Waals surface area contributed by atoms with Gasteiger partial charge in [0.25, 0.3) is 0 Å². The zero-order valence-electron chi connectivity index (χ0n) is 41.2. The molecule has 0 saturated heterocycles. The molecule has 0 radical (unpaired) electrons. The van der Waals surface area contributed by atoms with E-state index in [1.165, 1.54) is 167 Å². The molecule has 0 aliphatic rings. The number of rotatable bonds is 48. The van der Waals surface area contributed by atoms with Gasteiger partial charge in [-0.25, -0.2) is 0 Å².